The summed E-state index contributed by atoms with van der Waals surface area (Å²) >= 11 is 11.2. The summed E-state index contributed by atoms with van der Waals surface area (Å²) in [7, 11) is 0. The first kappa shape index (κ1) is 23.6. The third kappa shape index (κ3) is 5.62. The number of hydrogen-bond acceptors (Lipinski definition) is 3. The lowest BCUT2D eigenvalue weighted by Crippen LogP contribution is -2.19. The van der Waals surface area contributed by atoms with Gasteiger partial charge in [0.25, 0.3) is 0 Å². The average molecular weight is 519 g/mol. The summed E-state index contributed by atoms with van der Waals surface area (Å²) in [6, 6.07) is 14.0. The fourth-order valence-corrected chi connectivity index (χ4v) is 5.10. The molecule has 0 aliphatic heterocycles. The highest BCUT2D eigenvalue weighted by Crippen LogP contribution is 2.32. The number of halogens is 2. The van der Waals surface area contributed by atoms with Gasteiger partial charge in [0, 0.05) is 32.2 Å². The Morgan fingerprint density at radius 1 is 1.13 bits per heavy atom. The number of aryl methyl sites for hydroxylation is 2. The van der Waals surface area contributed by atoms with Gasteiger partial charge in [-0.3, -0.25) is 4.79 Å². The number of amides is 1. The molecule has 0 spiro atoms. The molecule has 0 aliphatic rings. The van der Waals surface area contributed by atoms with Crippen molar-refractivity contribution >= 4 is 51.4 Å². The van der Waals surface area contributed by atoms with E-state index in [0.717, 1.165) is 32.7 Å². The lowest BCUT2D eigenvalue weighted by molar-refractivity contribution is -0.118. The van der Waals surface area contributed by atoms with Gasteiger partial charge in [0.05, 0.1) is 17.7 Å². The highest BCUT2D eigenvalue weighted by Gasteiger charge is 2.18. The number of hydrogen-bond donors (Lipinski definition) is 1. The molecule has 3 rings (SSSR count). The van der Waals surface area contributed by atoms with Crippen molar-refractivity contribution in [2.75, 3.05) is 5.75 Å². The Balaban J connectivity index is 1.67. The van der Waals surface area contributed by atoms with E-state index in [1.807, 2.05) is 24.3 Å². The van der Waals surface area contributed by atoms with Crippen molar-refractivity contribution in [3.05, 3.63) is 85.6 Å². The van der Waals surface area contributed by atoms with Crippen LogP contribution in [0.4, 0.5) is 0 Å². The summed E-state index contributed by atoms with van der Waals surface area (Å²) < 4.78 is 3.21. The minimum atomic E-state index is -0.136. The third-order valence-corrected chi connectivity index (χ3v) is 7.29. The van der Waals surface area contributed by atoms with Gasteiger partial charge in [-0.25, -0.2) is 5.43 Å². The van der Waals surface area contributed by atoms with Crippen LogP contribution in [0.15, 0.2) is 52.0 Å². The zero-order valence-electron chi connectivity index (χ0n) is 18.0. The van der Waals surface area contributed by atoms with Gasteiger partial charge >= 0.3 is 0 Å². The Morgan fingerprint density at radius 3 is 2.48 bits per heavy atom. The molecule has 1 amide bonds. The highest BCUT2D eigenvalue weighted by molar-refractivity contribution is 9.10. The summed E-state index contributed by atoms with van der Waals surface area (Å²) in [6.45, 7) is 8.37. The normalized spacial score (nSPS) is 11.3. The first-order valence-corrected chi connectivity index (χ1v) is 12.2. The number of para-hydroxylation sites is 1. The molecule has 1 heterocycles. The first-order valence-electron chi connectivity index (χ1n) is 9.87. The predicted octanol–water partition coefficient (Wildman–Crippen LogP) is 6.51. The summed E-state index contributed by atoms with van der Waals surface area (Å²) in [5, 5.41) is 4.90. The Morgan fingerprint density at radius 2 is 1.81 bits per heavy atom. The smallest absolute Gasteiger partial charge is 0.250 e. The third-order valence-electron chi connectivity index (χ3n) is 5.05. The quantitative estimate of drug-likeness (QED) is 0.286. The van der Waals surface area contributed by atoms with Gasteiger partial charge < -0.3 is 4.57 Å². The van der Waals surface area contributed by atoms with Gasteiger partial charge in [-0.15, -0.1) is 11.8 Å². The number of nitrogens with zero attached hydrogens (tertiary/aromatic N) is 2. The van der Waals surface area contributed by atoms with E-state index in [2.05, 4.69) is 76.9 Å². The largest absolute Gasteiger partial charge is 0.316 e. The van der Waals surface area contributed by atoms with Crippen LogP contribution in [-0.2, 0) is 10.5 Å². The maximum atomic E-state index is 12.2. The molecule has 162 valence electrons. The number of benzene rings is 2. The molecule has 4 nitrogen and oxygen atoms in total. The Hall–Kier alpha value is -2.02. The zero-order chi connectivity index (χ0) is 22.5. The van der Waals surface area contributed by atoms with E-state index in [4.69, 9.17) is 11.6 Å². The molecular formula is C24H25BrClN3OS. The van der Waals surface area contributed by atoms with E-state index < -0.39 is 0 Å². The van der Waals surface area contributed by atoms with Gasteiger partial charge in [0.15, 0.2) is 0 Å². The average Bonchev–Trinajstić information content (AvgIpc) is 2.92. The van der Waals surface area contributed by atoms with Crippen LogP contribution in [-0.4, -0.2) is 22.4 Å². The molecule has 0 saturated carbocycles. The maximum absolute atomic E-state index is 12.2. The molecule has 31 heavy (non-hydrogen) atoms. The van der Waals surface area contributed by atoms with Crippen LogP contribution in [0.5, 0.6) is 0 Å². The number of carbonyl (C=O) groups is 1. The van der Waals surface area contributed by atoms with Crippen LogP contribution in [0.25, 0.3) is 5.69 Å². The van der Waals surface area contributed by atoms with Crippen LogP contribution in [0, 0.1) is 27.7 Å². The highest BCUT2D eigenvalue weighted by atomic mass is 79.9. The zero-order valence-corrected chi connectivity index (χ0v) is 21.2. The monoisotopic (exact) mass is 517 g/mol. The molecule has 0 fully saturated rings. The second-order valence-electron chi connectivity index (χ2n) is 7.39. The minimum absolute atomic E-state index is 0.136. The first-order chi connectivity index (χ1) is 14.8. The van der Waals surface area contributed by atoms with Gasteiger partial charge in [0.1, 0.15) is 0 Å². The second-order valence-corrected chi connectivity index (χ2v) is 9.61. The fraction of sp³-hybridized carbons (Fsp3) is 0.250. The molecule has 0 bridgehead atoms. The molecule has 2 aromatic carbocycles. The standard InChI is InChI=1S/C24H25BrClN3OS/c1-15-7-5-8-16(2)24(15)29-17(3)21(23(25)18(29)4)12-27-28-22(30)14-31-13-19-9-6-10-20(26)11-19/h5-12H,13-14H2,1-4H3,(H,28,30)/b27-12-. The van der Waals surface area contributed by atoms with Crippen molar-refractivity contribution in [1.82, 2.24) is 9.99 Å². The van der Waals surface area contributed by atoms with Crippen molar-refractivity contribution in [2.45, 2.75) is 33.4 Å². The molecule has 3 aromatic rings. The fourth-order valence-electron chi connectivity index (χ4n) is 3.56. The van der Waals surface area contributed by atoms with Gasteiger partial charge in [-0.2, -0.15) is 5.10 Å². The molecule has 1 N–H and O–H groups in total. The summed E-state index contributed by atoms with van der Waals surface area (Å²) in [5.74, 6) is 0.912. The number of carbonyl (C=O) groups excluding carboxylic acids is 1. The van der Waals surface area contributed by atoms with E-state index in [1.54, 1.807) is 6.21 Å². The van der Waals surface area contributed by atoms with E-state index in [0.29, 0.717) is 10.8 Å². The maximum Gasteiger partial charge on any atom is 0.250 e. The van der Waals surface area contributed by atoms with Crippen LogP contribution < -0.4 is 5.43 Å². The molecule has 0 saturated heterocycles. The van der Waals surface area contributed by atoms with Crippen LogP contribution in [0.1, 0.15) is 33.6 Å². The number of hydrazone groups is 1. The van der Waals surface area contributed by atoms with Crippen molar-refractivity contribution in [3.8, 4) is 5.69 Å². The molecule has 0 unspecified atom stereocenters. The SMILES string of the molecule is Cc1cccc(C)c1-n1c(C)c(Br)c(/C=N\NC(=O)CSCc2cccc(Cl)c2)c1C. The van der Waals surface area contributed by atoms with Gasteiger partial charge in [0.2, 0.25) is 5.91 Å². The second kappa shape index (κ2) is 10.5. The molecule has 7 heteroatoms. The Kier molecular flexibility index (Phi) is 8.03. The van der Waals surface area contributed by atoms with Crippen molar-refractivity contribution < 1.29 is 4.79 Å². The molecule has 1 aromatic heterocycles. The van der Waals surface area contributed by atoms with Gasteiger partial charge in [-0.05, 0) is 72.4 Å². The Labute approximate surface area is 201 Å². The minimum Gasteiger partial charge on any atom is -0.316 e. The van der Waals surface area contributed by atoms with E-state index in [9.17, 15) is 4.79 Å². The molecule has 0 radical (unpaired) electrons. The van der Waals surface area contributed by atoms with E-state index in [-0.39, 0.29) is 5.91 Å². The van der Waals surface area contributed by atoms with Crippen molar-refractivity contribution in [1.29, 1.82) is 0 Å². The van der Waals surface area contributed by atoms with Crippen molar-refractivity contribution in [2.24, 2.45) is 5.10 Å². The summed E-state index contributed by atoms with van der Waals surface area (Å²) in [6.07, 6.45) is 1.70. The number of thioether (sulfide) groups is 1. The Bertz CT molecular complexity index is 1120. The van der Waals surface area contributed by atoms with E-state index >= 15 is 0 Å². The number of aromatic nitrogens is 1. The van der Waals surface area contributed by atoms with Crippen LogP contribution in [0.3, 0.4) is 0 Å². The van der Waals surface area contributed by atoms with Crippen LogP contribution in [0.2, 0.25) is 5.02 Å². The predicted molar refractivity (Wildman–Crippen MR) is 136 cm³/mol. The number of rotatable bonds is 7. The topological polar surface area (TPSA) is 46.4 Å². The number of nitrogens with one attached hydrogen (secondary N) is 1. The lowest BCUT2D eigenvalue weighted by Gasteiger charge is -2.15. The molecular weight excluding hydrogens is 494 g/mol. The van der Waals surface area contributed by atoms with Crippen LogP contribution >= 0.6 is 39.3 Å². The van der Waals surface area contributed by atoms with Gasteiger partial charge in [-0.1, -0.05) is 41.9 Å². The summed E-state index contributed by atoms with van der Waals surface area (Å²) in [4.78, 5) is 12.2. The molecule has 0 aliphatic carbocycles. The van der Waals surface area contributed by atoms with E-state index in [1.165, 1.54) is 28.6 Å². The lowest BCUT2D eigenvalue weighted by atomic mass is 10.1. The molecule has 0 atom stereocenters. The van der Waals surface area contributed by atoms with Crippen molar-refractivity contribution in [3.63, 3.8) is 0 Å². The summed E-state index contributed by atoms with van der Waals surface area (Å²) in [5.41, 5.74) is 10.4.